The number of carbonyl (C=O) groups is 1. The summed E-state index contributed by atoms with van der Waals surface area (Å²) in [6.45, 7) is 1.17. The van der Waals surface area contributed by atoms with Crippen molar-refractivity contribution in [2.24, 2.45) is 10.9 Å². The molecule has 1 aromatic heterocycles. The molecule has 11 heteroatoms. The van der Waals surface area contributed by atoms with Crippen LogP contribution in [0.4, 0.5) is 4.39 Å². The van der Waals surface area contributed by atoms with Crippen molar-refractivity contribution in [3.8, 4) is 5.75 Å². The zero-order valence-corrected chi connectivity index (χ0v) is 20.6. The Morgan fingerprint density at radius 3 is 2.50 bits per heavy atom. The second-order valence-corrected chi connectivity index (χ2v) is 10.9. The van der Waals surface area contributed by atoms with Crippen LogP contribution in [0.3, 0.4) is 0 Å². The van der Waals surface area contributed by atoms with E-state index in [-0.39, 0.29) is 29.7 Å². The number of halogens is 1. The summed E-state index contributed by atoms with van der Waals surface area (Å²) in [6, 6.07) is 11.0. The first-order chi connectivity index (χ1) is 16.3. The van der Waals surface area contributed by atoms with Gasteiger partial charge in [-0.15, -0.1) is 0 Å². The van der Waals surface area contributed by atoms with E-state index in [1.165, 1.54) is 41.0 Å². The molecule has 1 aliphatic rings. The van der Waals surface area contributed by atoms with E-state index in [4.69, 9.17) is 9.47 Å². The normalized spacial score (nSPS) is 16.3. The molecule has 0 N–H and O–H groups in total. The van der Waals surface area contributed by atoms with Crippen LogP contribution in [0, 0.1) is 11.7 Å². The minimum Gasteiger partial charge on any atom is -0.497 e. The molecule has 4 rings (SSSR count). The Bertz CT molecular complexity index is 1340. The van der Waals surface area contributed by atoms with Gasteiger partial charge in [-0.05, 0) is 49.2 Å². The topological polar surface area (TPSA) is 90.2 Å². The average Bonchev–Trinajstić information content (AvgIpc) is 3.20. The highest BCUT2D eigenvalue weighted by Gasteiger charge is 2.32. The van der Waals surface area contributed by atoms with Gasteiger partial charge < -0.3 is 14.0 Å². The Morgan fingerprint density at radius 1 is 1.15 bits per heavy atom. The zero-order chi connectivity index (χ0) is 24.3. The summed E-state index contributed by atoms with van der Waals surface area (Å²) >= 11 is 1.25. The van der Waals surface area contributed by atoms with E-state index in [1.54, 1.807) is 35.9 Å². The molecule has 0 radical (unpaired) electrons. The van der Waals surface area contributed by atoms with Crippen LogP contribution in [-0.2, 0) is 26.1 Å². The molecule has 0 bridgehead atoms. The molecule has 2 heterocycles. The van der Waals surface area contributed by atoms with E-state index in [0.717, 1.165) is 0 Å². The highest BCUT2D eigenvalue weighted by atomic mass is 32.2. The van der Waals surface area contributed by atoms with E-state index in [0.29, 0.717) is 46.8 Å². The van der Waals surface area contributed by atoms with E-state index in [1.807, 2.05) is 0 Å². The number of amides is 1. The molecule has 0 aliphatic carbocycles. The van der Waals surface area contributed by atoms with Gasteiger partial charge in [-0.2, -0.15) is 9.30 Å². The molecule has 182 valence electrons. The van der Waals surface area contributed by atoms with Gasteiger partial charge in [0.25, 0.3) is 5.91 Å². The summed E-state index contributed by atoms with van der Waals surface area (Å²) in [5, 5.41) is 0. The standard InChI is InChI=1S/C23H26FN3O5S2/c1-31-15-14-27-21-19(24)4-3-5-20(21)33-23(27)25-22(28)16-10-12-26(13-11-16)34(29,30)18-8-6-17(32-2)7-9-18/h3-9,16H,10-15H2,1-2H3. The van der Waals surface area contributed by atoms with Gasteiger partial charge >= 0.3 is 0 Å². The molecular formula is C23H26FN3O5S2. The summed E-state index contributed by atoms with van der Waals surface area (Å²) in [5.74, 6) is -0.516. The lowest BCUT2D eigenvalue weighted by molar-refractivity contribution is -0.122. The van der Waals surface area contributed by atoms with Crippen LogP contribution in [0.15, 0.2) is 52.4 Å². The van der Waals surface area contributed by atoms with E-state index < -0.39 is 15.9 Å². The fourth-order valence-corrected chi connectivity index (χ4v) is 6.53. The number of aromatic nitrogens is 1. The molecule has 1 saturated heterocycles. The summed E-state index contributed by atoms with van der Waals surface area (Å²) in [5.41, 5.74) is 0.400. The number of sulfonamides is 1. The molecule has 0 unspecified atom stereocenters. The first-order valence-corrected chi connectivity index (χ1v) is 13.1. The summed E-state index contributed by atoms with van der Waals surface area (Å²) in [7, 11) is -0.581. The number of hydrogen-bond donors (Lipinski definition) is 0. The van der Waals surface area contributed by atoms with Gasteiger partial charge in [0, 0.05) is 32.7 Å². The molecule has 34 heavy (non-hydrogen) atoms. The number of para-hydroxylation sites is 1. The van der Waals surface area contributed by atoms with E-state index >= 15 is 0 Å². The molecule has 1 aliphatic heterocycles. The second-order valence-electron chi connectivity index (χ2n) is 7.92. The van der Waals surface area contributed by atoms with Crippen molar-refractivity contribution in [1.29, 1.82) is 0 Å². The first kappa shape index (κ1) is 24.5. The maximum Gasteiger partial charge on any atom is 0.251 e. The molecule has 0 saturated carbocycles. The Labute approximate surface area is 201 Å². The van der Waals surface area contributed by atoms with Crippen molar-refractivity contribution < 1.29 is 27.1 Å². The molecule has 3 aromatic rings. The lowest BCUT2D eigenvalue weighted by Gasteiger charge is -2.29. The van der Waals surface area contributed by atoms with E-state index in [2.05, 4.69) is 4.99 Å². The van der Waals surface area contributed by atoms with Gasteiger partial charge in [0.15, 0.2) is 4.80 Å². The van der Waals surface area contributed by atoms with Crippen molar-refractivity contribution >= 4 is 37.5 Å². The van der Waals surface area contributed by atoms with Crippen molar-refractivity contribution in [3.63, 3.8) is 0 Å². The van der Waals surface area contributed by atoms with Gasteiger partial charge in [-0.25, -0.2) is 12.8 Å². The predicted octanol–water partition coefficient (Wildman–Crippen LogP) is 3.03. The third-order valence-corrected chi connectivity index (χ3v) is 8.83. The van der Waals surface area contributed by atoms with Crippen molar-refractivity contribution in [1.82, 2.24) is 8.87 Å². The molecule has 1 fully saturated rings. The number of methoxy groups -OCH3 is 2. The zero-order valence-electron chi connectivity index (χ0n) is 18.9. The fourth-order valence-electron chi connectivity index (χ4n) is 3.99. The maximum absolute atomic E-state index is 14.5. The quantitative estimate of drug-likeness (QED) is 0.490. The summed E-state index contributed by atoms with van der Waals surface area (Å²) in [4.78, 5) is 17.9. The number of fused-ring (bicyclic) bond motifs is 1. The molecule has 1 amide bonds. The third kappa shape index (κ3) is 4.92. The summed E-state index contributed by atoms with van der Waals surface area (Å²) in [6.07, 6.45) is 0.740. The average molecular weight is 508 g/mol. The highest BCUT2D eigenvalue weighted by molar-refractivity contribution is 7.89. The minimum absolute atomic E-state index is 0.189. The highest BCUT2D eigenvalue weighted by Crippen LogP contribution is 2.26. The van der Waals surface area contributed by atoms with Gasteiger partial charge in [0.2, 0.25) is 10.0 Å². The van der Waals surface area contributed by atoms with Gasteiger partial charge in [0.1, 0.15) is 11.6 Å². The van der Waals surface area contributed by atoms with E-state index in [9.17, 15) is 17.6 Å². The number of rotatable bonds is 7. The second kappa shape index (κ2) is 10.3. The van der Waals surface area contributed by atoms with Gasteiger partial charge in [-0.3, -0.25) is 4.79 Å². The van der Waals surface area contributed by atoms with Crippen LogP contribution in [-0.4, -0.2) is 57.1 Å². The van der Waals surface area contributed by atoms with Crippen molar-refractivity contribution in [3.05, 3.63) is 53.1 Å². The largest absolute Gasteiger partial charge is 0.497 e. The molecular weight excluding hydrogens is 481 g/mol. The first-order valence-electron chi connectivity index (χ1n) is 10.8. The molecule has 0 spiro atoms. The summed E-state index contributed by atoms with van der Waals surface area (Å²) < 4.78 is 54.4. The van der Waals surface area contributed by atoms with Gasteiger partial charge in [-0.1, -0.05) is 17.4 Å². The number of nitrogens with zero attached hydrogens (tertiary/aromatic N) is 3. The van der Waals surface area contributed by atoms with Crippen LogP contribution in [0.5, 0.6) is 5.75 Å². The predicted molar refractivity (Wildman–Crippen MR) is 127 cm³/mol. The fraction of sp³-hybridized carbons (Fsp3) is 0.391. The van der Waals surface area contributed by atoms with Crippen molar-refractivity contribution in [2.75, 3.05) is 33.9 Å². The maximum atomic E-state index is 14.5. The number of ether oxygens (including phenoxy) is 2. The smallest absolute Gasteiger partial charge is 0.251 e. The lowest BCUT2D eigenvalue weighted by Crippen LogP contribution is -2.40. The molecule has 0 atom stereocenters. The number of carbonyl (C=O) groups excluding carboxylic acids is 1. The SMILES string of the molecule is COCCn1c(=NC(=O)C2CCN(S(=O)(=O)c3ccc(OC)cc3)CC2)sc2cccc(F)c21. The number of benzene rings is 2. The number of thiazole rings is 1. The number of hydrogen-bond acceptors (Lipinski definition) is 6. The Balaban J connectivity index is 1.51. The third-order valence-electron chi connectivity index (χ3n) is 5.88. The van der Waals surface area contributed by atoms with Crippen LogP contribution in [0.2, 0.25) is 0 Å². The molecule has 8 nitrogen and oxygen atoms in total. The number of piperidine rings is 1. The Morgan fingerprint density at radius 2 is 1.85 bits per heavy atom. The van der Waals surface area contributed by atoms with Gasteiger partial charge in [0.05, 0.1) is 28.8 Å². The Hall–Kier alpha value is -2.60. The Kier molecular flexibility index (Phi) is 7.46. The van der Waals surface area contributed by atoms with Crippen LogP contribution in [0.1, 0.15) is 12.8 Å². The van der Waals surface area contributed by atoms with Crippen LogP contribution >= 0.6 is 11.3 Å². The lowest BCUT2D eigenvalue weighted by atomic mass is 9.98. The molecule has 2 aromatic carbocycles. The van der Waals surface area contributed by atoms with Crippen LogP contribution < -0.4 is 9.54 Å². The van der Waals surface area contributed by atoms with Crippen molar-refractivity contribution in [2.45, 2.75) is 24.3 Å². The monoisotopic (exact) mass is 507 g/mol. The van der Waals surface area contributed by atoms with Crippen LogP contribution in [0.25, 0.3) is 10.2 Å². The minimum atomic E-state index is -3.66.